The van der Waals surface area contributed by atoms with E-state index in [4.69, 9.17) is 14.6 Å². The lowest BCUT2D eigenvalue weighted by Gasteiger charge is -2.22. The molecule has 0 rings (SSSR count). The highest BCUT2D eigenvalue weighted by atomic mass is 16.7. The van der Waals surface area contributed by atoms with E-state index in [9.17, 15) is 0 Å². The SMILES string of the molecule is COC(C)(CO)OC. The predicted molar refractivity (Wildman–Crippen MR) is 29.5 cm³/mol. The Morgan fingerprint density at radius 1 is 1.38 bits per heavy atom. The van der Waals surface area contributed by atoms with E-state index in [0.29, 0.717) is 0 Å². The Labute approximate surface area is 49.2 Å². The molecule has 3 nitrogen and oxygen atoms in total. The summed E-state index contributed by atoms with van der Waals surface area (Å²) in [5.74, 6) is -0.819. The van der Waals surface area contributed by atoms with Gasteiger partial charge in [-0.25, -0.2) is 0 Å². The molecule has 1 N–H and O–H groups in total. The number of aliphatic hydroxyl groups is 1. The van der Waals surface area contributed by atoms with Gasteiger partial charge in [0.1, 0.15) is 0 Å². The maximum absolute atomic E-state index is 8.54. The van der Waals surface area contributed by atoms with Crippen molar-refractivity contribution in [1.82, 2.24) is 0 Å². The molecule has 0 aliphatic carbocycles. The maximum atomic E-state index is 8.54. The zero-order chi connectivity index (χ0) is 6.62. The van der Waals surface area contributed by atoms with E-state index >= 15 is 0 Å². The van der Waals surface area contributed by atoms with Gasteiger partial charge in [0, 0.05) is 14.2 Å². The van der Waals surface area contributed by atoms with Crippen LogP contribution in [0.5, 0.6) is 0 Å². The Morgan fingerprint density at radius 2 is 1.75 bits per heavy atom. The Bertz CT molecular complexity index is 50.4. The highest BCUT2D eigenvalue weighted by molar-refractivity contribution is 4.56. The molecular weight excluding hydrogens is 108 g/mol. The van der Waals surface area contributed by atoms with Crippen LogP contribution in [0.3, 0.4) is 0 Å². The van der Waals surface area contributed by atoms with Crippen LogP contribution in [0.1, 0.15) is 6.92 Å². The van der Waals surface area contributed by atoms with Crippen LogP contribution in [0.15, 0.2) is 0 Å². The third-order valence-electron chi connectivity index (χ3n) is 1.15. The van der Waals surface area contributed by atoms with Gasteiger partial charge < -0.3 is 14.6 Å². The van der Waals surface area contributed by atoms with E-state index in [-0.39, 0.29) is 6.61 Å². The molecule has 0 unspecified atom stereocenters. The molecule has 8 heavy (non-hydrogen) atoms. The van der Waals surface area contributed by atoms with Gasteiger partial charge in [0.05, 0.1) is 6.61 Å². The molecule has 0 atom stereocenters. The first-order valence-corrected chi connectivity index (χ1v) is 2.39. The molecule has 0 saturated heterocycles. The average Bonchev–Trinajstić information content (AvgIpc) is 1.87. The molecule has 0 aliphatic rings. The van der Waals surface area contributed by atoms with Gasteiger partial charge in [-0.2, -0.15) is 0 Å². The number of ether oxygens (including phenoxy) is 2. The summed E-state index contributed by atoms with van der Waals surface area (Å²) >= 11 is 0. The summed E-state index contributed by atoms with van der Waals surface area (Å²) in [6.07, 6.45) is 0. The van der Waals surface area contributed by atoms with Gasteiger partial charge in [0.25, 0.3) is 0 Å². The lowest BCUT2D eigenvalue weighted by Crippen LogP contribution is -2.33. The van der Waals surface area contributed by atoms with E-state index in [1.165, 1.54) is 14.2 Å². The molecule has 0 bridgehead atoms. The fourth-order valence-corrected chi connectivity index (χ4v) is 0.212. The van der Waals surface area contributed by atoms with Gasteiger partial charge >= 0.3 is 0 Å². The maximum Gasteiger partial charge on any atom is 0.187 e. The number of hydrogen-bond acceptors (Lipinski definition) is 3. The quantitative estimate of drug-likeness (QED) is 0.532. The second-order valence-corrected chi connectivity index (χ2v) is 1.70. The van der Waals surface area contributed by atoms with E-state index in [0.717, 1.165) is 0 Å². The molecule has 0 spiro atoms. The van der Waals surface area contributed by atoms with Crippen molar-refractivity contribution in [1.29, 1.82) is 0 Å². The van der Waals surface area contributed by atoms with Gasteiger partial charge in [-0.15, -0.1) is 0 Å². The third kappa shape index (κ3) is 1.78. The van der Waals surface area contributed by atoms with Crippen LogP contribution in [0, 0.1) is 0 Å². The molecule has 0 aromatic rings. The van der Waals surface area contributed by atoms with E-state index in [1.807, 2.05) is 0 Å². The Morgan fingerprint density at radius 3 is 1.75 bits per heavy atom. The molecular formula is C5H12O3. The monoisotopic (exact) mass is 120 g/mol. The highest BCUT2D eigenvalue weighted by Crippen LogP contribution is 2.06. The predicted octanol–water partition coefficient (Wildman–Crippen LogP) is -0.0123. The number of hydrogen-bond donors (Lipinski definition) is 1. The molecule has 50 valence electrons. The van der Waals surface area contributed by atoms with Gasteiger partial charge in [0.2, 0.25) is 0 Å². The van der Waals surface area contributed by atoms with Crippen LogP contribution in [-0.2, 0) is 9.47 Å². The molecule has 0 saturated carbocycles. The minimum atomic E-state index is -0.819. The Kier molecular flexibility index (Phi) is 2.97. The summed E-state index contributed by atoms with van der Waals surface area (Å²) in [7, 11) is 2.97. The van der Waals surface area contributed by atoms with Crippen molar-refractivity contribution in [2.75, 3.05) is 20.8 Å². The Hall–Kier alpha value is -0.120. The minimum Gasteiger partial charge on any atom is -0.391 e. The lowest BCUT2D eigenvalue weighted by molar-refractivity contribution is -0.213. The second kappa shape index (κ2) is 3.02. The van der Waals surface area contributed by atoms with Gasteiger partial charge in [-0.1, -0.05) is 0 Å². The standard InChI is InChI=1S/C5H12O3/c1-5(4-6,7-2)8-3/h6H,4H2,1-3H3. The second-order valence-electron chi connectivity index (χ2n) is 1.70. The van der Waals surface area contributed by atoms with Crippen molar-refractivity contribution >= 4 is 0 Å². The first kappa shape index (κ1) is 7.88. The molecule has 0 heterocycles. The van der Waals surface area contributed by atoms with Crippen molar-refractivity contribution in [2.45, 2.75) is 12.7 Å². The van der Waals surface area contributed by atoms with Crippen molar-refractivity contribution in [3.05, 3.63) is 0 Å². The molecule has 3 heteroatoms. The molecule has 0 fully saturated rings. The number of aliphatic hydroxyl groups excluding tert-OH is 1. The van der Waals surface area contributed by atoms with E-state index < -0.39 is 5.79 Å². The third-order valence-corrected chi connectivity index (χ3v) is 1.15. The Balaban J connectivity index is 3.58. The first-order valence-electron chi connectivity index (χ1n) is 2.39. The summed E-state index contributed by atoms with van der Waals surface area (Å²) in [6, 6.07) is 0. The smallest absolute Gasteiger partial charge is 0.187 e. The summed E-state index contributed by atoms with van der Waals surface area (Å²) in [5.41, 5.74) is 0. The topological polar surface area (TPSA) is 38.7 Å². The van der Waals surface area contributed by atoms with Gasteiger partial charge in [-0.3, -0.25) is 0 Å². The average molecular weight is 120 g/mol. The largest absolute Gasteiger partial charge is 0.391 e. The van der Waals surface area contributed by atoms with E-state index in [1.54, 1.807) is 6.92 Å². The lowest BCUT2D eigenvalue weighted by atomic mass is 10.3. The molecule has 0 aromatic carbocycles. The van der Waals surface area contributed by atoms with Crippen LogP contribution >= 0.6 is 0 Å². The molecule has 0 amide bonds. The van der Waals surface area contributed by atoms with Crippen LogP contribution in [0.2, 0.25) is 0 Å². The van der Waals surface area contributed by atoms with Crippen molar-refractivity contribution in [3.63, 3.8) is 0 Å². The fourth-order valence-electron chi connectivity index (χ4n) is 0.212. The van der Waals surface area contributed by atoms with Crippen molar-refractivity contribution in [2.24, 2.45) is 0 Å². The summed E-state index contributed by atoms with van der Waals surface area (Å²) < 4.78 is 9.53. The van der Waals surface area contributed by atoms with Crippen LogP contribution in [0.25, 0.3) is 0 Å². The van der Waals surface area contributed by atoms with Crippen molar-refractivity contribution < 1.29 is 14.6 Å². The highest BCUT2D eigenvalue weighted by Gasteiger charge is 2.19. The van der Waals surface area contributed by atoms with Crippen LogP contribution in [-0.4, -0.2) is 31.7 Å². The normalized spacial score (nSPS) is 12.0. The van der Waals surface area contributed by atoms with Gasteiger partial charge in [-0.05, 0) is 6.92 Å². The minimum absolute atomic E-state index is 0.125. The molecule has 0 aliphatic heterocycles. The first-order chi connectivity index (χ1) is 3.68. The summed E-state index contributed by atoms with van der Waals surface area (Å²) in [5, 5.41) is 8.54. The van der Waals surface area contributed by atoms with E-state index in [2.05, 4.69) is 0 Å². The fraction of sp³-hybridized carbons (Fsp3) is 1.00. The van der Waals surface area contributed by atoms with Gasteiger partial charge in [0.15, 0.2) is 5.79 Å². The van der Waals surface area contributed by atoms with Crippen LogP contribution in [0.4, 0.5) is 0 Å². The number of methoxy groups -OCH3 is 2. The zero-order valence-electron chi connectivity index (χ0n) is 5.47. The summed E-state index contributed by atoms with van der Waals surface area (Å²) in [4.78, 5) is 0. The van der Waals surface area contributed by atoms with Crippen LogP contribution < -0.4 is 0 Å². The number of rotatable bonds is 3. The summed E-state index contributed by atoms with van der Waals surface area (Å²) in [6.45, 7) is 1.53. The molecule has 0 aromatic heterocycles. The zero-order valence-corrected chi connectivity index (χ0v) is 5.47. The molecule has 0 radical (unpaired) electrons. The van der Waals surface area contributed by atoms with Crippen molar-refractivity contribution in [3.8, 4) is 0 Å².